The Morgan fingerprint density at radius 1 is 0.804 bits per heavy atom. The van der Waals surface area contributed by atoms with Crippen molar-refractivity contribution < 1.29 is 18.0 Å². The molecule has 1 fully saturated rings. The van der Waals surface area contributed by atoms with E-state index in [1.807, 2.05) is 30.3 Å². The van der Waals surface area contributed by atoms with Gasteiger partial charge in [0, 0.05) is 39.6 Å². The van der Waals surface area contributed by atoms with Crippen molar-refractivity contribution in [3.8, 4) is 0 Å². The summed E-state index contributed by atoms with van der Waals surface area (Å²) in [5.41, 5.74) is 1.49. The molecule has 1 atom stereocenters. The van der Waals surface area contributed by atoms with Crippen LogP contribution in [0.4, 0.5) is 5.69 Å². The van der Waals surface area contributed by atoms with Crippen molar-refractivity contribution in [2.75, 3.05) is 10.8 Å². The molecule has 11 heteroatoms. The lowest BCUT2D eigenvalue weighted by molar-refractivity contribution is -0.140. The molecule has 4 aromatic carbocycles. The lowest BCUT2D eigenvalue weighted by Gasteiger charge is -2.34. The molecule has 240 valence electrons. The first-order chi connectivity index (χ1) is 22.1. The van der Waals surface area contributed by atoms with Crippen molar-refractivity contribution in [1.29, 1.82) is 0 Å². The van der Waals surface area contributed by atoms with Gasteiger partial charge in [-0.05, 0) is 60.9 Å². The van der Waals surface area contributed by atoms with Crippen LogP contribution in [0.1, 0.15) is 36.8 Å². The first-order valence-electron chi connectivity index (χ1n) is 15.0. The highest BCUT2D eigenvalue weighted by Crippen LogP contribution is 2.30. The quantitative estimate of drug-likeness (QED) is 0.166. The zero-order valence-electron chi connectivity index (χ0n) is 25.0. The molecule has 4 aromatic rings. The number of benzene rings is 4. The molecule has 0 unspecified atom stereocenters. The van der Waals surface area contributed by atoms with Crippen molar-refractivity contribution in [3.05, 3.63) is 129 Å². The summed E-state index contributed by atoms with van der Waals surface area (Å²) in [5, 5.41) is 4.10. The third kappa shape index (κ3) is 8.23. The van der Waals surface area contributed by atoms with Gasteiger partial charge in [0.2, 0.25) is 11.8 Å². The van der Waals surface area contributed by atoms with Gasteiger partial charge in [-0.25, -0.2) is 8.42 Å². The molecular formula is C35H34Cl3N3O4S. The van der Waals surface area contributed by atoms with E-state index >= 15 is 0 Å². The molecule has 0 radical (unpaired) electrons. The molecule has 0 aromatic heterocycles. The smallest absolute Gasteiger partial charge is 0.264 e. The van der Waals surface area contributed by atoms with Gasteiger partial charge in [0.15, 0.2) is 0 Å². The summed E-state index contributed by atoms with van der Waals surface area (Å²) in [6, 6.07) is 27.6. The predicted molar refractivity (Wildman–Crippen MR) is 184 cm³/mol. The van der Waals surface area contributed by atoms with Gasteiger partial charge in [-0.15, -0.1) is 0 Å². The van der Waals surface area contributed by atoms with Crippen molar-refractivity contribution in [3.63, 3.8) is 0 Å². The van der Waals surface area contributed by atoms with Gasteiger partial charge in [0.1, 0.15) is 12.6 Å². The van der Waals surface area contributed by atoms with Crippen molar-refractivity contribution in [2.45, 2.75) is 55.6 Å². The zero-order valence-corrected chi connectivity index (χ0v) is 28.1. The Morgan fingerprint density at radius 2 is 1.41 bits per heavy atom. The number of rotatable bonds is 12. The molecule has 1 N–H and O–H groups in total. The zero-order chi connectivity index (χ0) is 32.7. The van der Waals surface area contributed by atoms with E-state index in [1.165, 1.54) is 23.1 Å². The van der Waals surface area contributed by atoms with Crippen LogP contribution in [0.3, 0.4) is 0 Å². The maximum atomic E-state index is 14.6. The molecule has 0 bridgehead atoms. The summed E-state index contributed by atoms with van der Waals surface area (Å²) in [5.74, 6) is -0.939. The van der Waals surface area contributed by atoms with Crippen LogP contribution in [-0.2, 0) is 32.6 Å². The predicted octanol–water partition coefficient (Wildman–Crippen LogP) is 7.54. The maximum Gasteiger partial charge on any atom is 0.264 e. The van der Waals surface area contributed by atoms with Gasteiger partial charge in [0.05, 0.1) is 10.6 Å². The molecule has 2 amide bonds. The lowest BCUT2D eigenvalue weighted by atomic mass is 10.0. The normalized spacial score (nSPS) is 14.1. The fourth-order valence-electron chi connectivity index (χ4n) is 5.65. The number of nitrogens with zero attached hydrogens (tertiary/aromatic N) is 2. The number of carbonyl (C=O) groups is 2. The lowest BCUT2D eigenvalue weighted by Crippen LogP contribution is -2.54. The number of hydrogen-bond donors (Lipinski definition) is 1. The first kappa shape index (κ1) is 33.8. The van der Waals surface area contributed by atoms with Gasteiger partial charge in [-0.3, -0.25) is 13.9 Å². The third-order valence-electron chi connectivity index (χ3n) is 8.07. The van der Waals surface area contributed by atoms with Crippen LogP contribution < -0.4 is 9.62 Å². The highest BCUT2D eigenvalue weighted by Gasteiger charge is 2.36. The van der Waals surface area contributed by atoms with Crippen LogP contribution in [0.5, 0.6) is 0 Å². The minimum Gasteiger partial charge on any atom is -0.352 e. The van der Waals surface area contributed by atoms with Gasteiger partial charge < -0.3 is 10.2 Å². The average molecular weight is 699 g/mol. The number of anilines is 1. The van der Waals surface area contributed by atoms with E-state index in [0.717, 1.165) is 35.6 Å². The molecule has 1 saturated carbocycles. The van der Waals surface area contributed by atoms with Crippen LogP contribution in [0, 0.1) is 0 Å². The summed E-state index contributed by atoms with van der Waals surface area (Å²) in [6.45, 7) is -0.733. The van der Waals surface area contributed by atoms with Gasteiger partial charge in [-0.1, -0.05) is 108 Å². The Bertz CT molecular complexity index is 1750. The fourth-order valence-corrected chi connectivity index (χ4v) is 7.78. The minimum atomic E-state index is -4.24. The second-order valence-electron chi connectivity index (χ2n) is 11.2. The van der Waals surface area contributed by atoms with Crippen LogP contribution in [-0.4, -0.2) is 43.8 Å². The van der Waals surface area contributed by atoms with Crippen LogP contribution in [0.25, 0.3) is 0 Å². The number of halogens is 3. The molecule has 0 saturated heterocycles. The highest BCUT2D eigenvalue weighted by atomic mass is 35.5. The van der Waals surface area contributed by atoms with E-state index in [0.29, 0.717) is 20.6 Å². The molecule has 1 aliphatic carbocycles. The molecule has 1 aliphatic rings. The first-order valence-corrected chi connectivity index (χ1v) is 17.6. The Hall–Kier alpha value is -3.56. The van der Waals surface area contributed by atoms with Gasteiger partial charge in [0.25, 0.3) is 10.0 Å². The summed E-state index contributed by atoms with van der Waals surface area (Å²) in [7, 11) is -4.24. The van der Waals surface area contributed by atoms with Crippen LogP contribution in [0.2, 0.25) is 15.1 Å². The molecule has 7 nitrogen and oxygen atoms in total. The summed E-state index contributed by atoms with van der Waals surface area (Å²) < 4.78 is 29.2. The number of carbonyl (C=O) groups excluding carboxylic acids is 2. The third-order valence-corrected chi connectivity index (χ3v) is 10.8. The van der Waals surface area contributed by atoms with Crippen molar-refractivity contribution >= 4 is 62.3 Å². The average Bonchev–Trinajstić information content (AvgIpc) is 3.56. The molecule has 0 aliphatic heterocycles. The van der Waals surface area contributed by atoms with Crippen molar-refractivity contribution in [2.24, 2.45) is 0 Å². The Labute approximate surface area is 285 Å². The Balaban J connectivity index is 1.59. The molecule has 0 spiro atoms. The Kier molecular flexibility index (Phi) is 11.3. The SMILES string of the molecule is O=C(NC1CCCC1)[C@@H](Cc1ccccc1)N(Cc1c(Cl)cccc1Cl)C(=O)CN(c1cccc(Cl)c1)S(=O)(=O)c1ccccc1. The topological polar surface area (TPSA) is 86.8 Å². The second kappa shape index (κ2) is 15.4. The van der Waals surface area contributed by atoms with E-state index in [2.05, 4.69) is 5.32 Å². The standard InChI is InChI=1S/C35H34Cl3N3O4S/c36-26-13-9-16-28(22-26)41(46(44,45)29-17-5-2-6-18-29)24-34(42)40(23-30-31(37)19-10-20-32(30)38)33(21-25-11-3-1-4-12-25)35(43)39-27-14-7-8-15-27/h1-6,9-13,16-20,22,27,33H,7-8,14-15,21,23-24H2,(H,39,43)/t33-/m1/s1. The van der Waals surface area contributed by atoms with Gasteiger partial charge >= 0.3 is 0 Å². The maximum absolute atomic E-state index is 14.6. The summed E-state index contributed by atoms with van der Waals surface area (Å²) in [6.07, 6.45) is 3.92. The number of hydrogen-bond acceptors (Lipinski definition) is 4. The number of sulfonamides is 1. The monoisotopic (exact) mass is 697 g/mol. The Morgan fingerprint density at radius 3 is 2.04 bits per heavy atom. The van der Waals surface area contributed by atoms with Crippen LogP contribution >= 0.6 is 34.8 Å². The largest absolute Gasteiger partial charge is 0.352 e. The molecular weight excluding hydrogens is 665 g/mol. The minimum absolute atomic E-state index is 0.00304. The summed E-state index contributed by atoms with van der Waals surface area (Å²) in [4.78, 5) is 30.1. The second-order valence-corrected chi connectivity index (χ2v) is 14.3. The van der Waals surface area contributed by atoms with Crippen LogP contribution in [0.15, 0.2) is 108 Å². The highest BCUT2D eigenvalue weighted by molar-refractivity contribution is 7.92. The summed E-state index contributed by atoms with van der Waals surface area (Å²) >= 11 is 19.5. The van der Waals surface area contributed by atoms with E-state index < -0.39 is 28.5 Å². The molecule has 46 heavy (non-hydrogen) atoms. The number of nitrogens with one attached hydrogen (secondary N) is 1. The van der Waals surface area contributed by atoms with E-state index in [9.17, 15) is 18.0 Å². The van der Waals surface area contributed by atoms with Gasteiger partial charge in [-0.2, -0.15) is 0 Å². The van der Waals surface area contributed by atoms with Crippen molar-refractivity contribution in [1.82, 2.24) is 10.2 Å². The van der Waals surface area contributed by atoms with E-state index in [-0.39, 0.29) is 35.5 Å². The van der Waals surface area contributed by atoms with E-state index in [1.54, 1.807) is 54.6 Å². The number of amides is 2. The fraction of sp³-hybridized carbons (Fsp3) is 0.257. The van der Waals surface area contributed by atoms with E-state index in [4.69, 9.17) is 34.8 Å². The molecule has 0 heterocycles. The molecule has 5 rings (SSSR count).